The lowest BCUT2D eigenvalue weighted by Gasteiger charge is -2.16. The van der Waals surface area contributed by atoms with Crippen molar-refractivity contribution in [2.24, 2.45) is 0 Å². The van der Waals surface area contributed by atoms with Crippen molar-refractivity contribution in [1.29, 1.82) is 0 Å². The molecule has 0 aliphatic heterocycles. The Balaban J connectivity index is 2.02. The molecule has 0 amide bonds. The topological polar surface area (TPSA) is 25.2 Å². The van der Waals surface area contributed by atoms with Gasteiger partial charge in [-0.3, -0.25) is 0 Å². The van der Waals surface area contributed by atoms with Crippen LogP contribution in [-0.2, 0) is 6.42 Å². The zero-order valence-electron chi connectivity index (χ0n) is 10.0. The van der Waals surface area contributed by atoms with Gasteiger partial charge in [-0.15, -0.1) is 0 Å². The Morgan fingerprint density at radius 3 is 2.88 bits per heavy atom. The van der Waals surface area contributed by atoms with Crippen LogP contribution < -0.4 is 5.32 Å². The van der Waals surface area contributed by atoms with Crippen molar-refractivity contribution in [3.05, 3.63) is 53.7 Å². The van der Waals surface area contributed by atoms with Gasteiger partial charge in [0.25, 0.3) is 0 Å². The van der Waals surface area contributed by atoms with Crippen LogP contribution in [0.25, 0.3) is 0 Å². The van der Waals surface area contributed by atoms with E-state index in [1.807, 2.05) is 26.0 Å². The van der Waals surface area contributed by atoms with Crippen molar-refractivity contribution in [3.8, 4) is 0 Å². The quantitative estimate of drug-likeness (QED) is 0.869. The molecule has 17 heavy (non-hydrogen) atoms. The molecule has 0 spiro atoms. The molecule has 0 saturated carbocycles. The summed E-state index contributed by atoms with van der Waals surface area (Å²) in [5.41, 5.74) is 1.88. The van der Waals surface area contributed by atoms with Crippen molar-refractivity contribution >= 4 is 5.69 Å². The van der Waals surface area contributed by atoms with E-state index in [2.05, 4.69) is 5.32 Å². The van der Waals surface area contributed by atoms with E-state index in [9.17, 15) is 4.39 Å². The molecule has 2 aromatic rings. The molecule has 1 N–H and O–H groups in total. The fourth-order valence-corrected chi connectivity index (χ4v) is 1.80. The first-order valence-electron chi connectivity index (χ1n) is 5.70. The molecule has 1 aromatic carbocycles. The summed E-state index contributed by atoms with van der Waals surface area (Å²) in [4.78, 5) is 0. The standard InChI is InChI=1S/C14H16FNO/c1-10-5-6-12(15)9-14(10)16-11(2)8-13-4-3-7-17-13/h3-7,9,11,16H,8H2,1-2H3. The zero-order chi connectivity index (χ0) is 12.3. The van der Waals surface area contributed by atoms with Crippen molar-refractivity contribution in [1.82, 2.24) is 0 Å². The summed E-state index contributed by atoms with van der Waals surface area (Å²) < 4.78 is 18.4. The van der Waals surface area contributed by atoms with Crippen LogP contribution in [0.2, 0.25) is 0 Å². The molecule has 0 aliphatic rings. The second kappa shape index (κ2) is 5.04. The van der Waals surface area contributed by atoms with E-state index in [0.29, 0.717) is 0 Å². The first kappa shape index (κ1) is 11.7. The predicted octanol–water partition coefficient (Wildman–Crippen LogP) is 3.77. The van der Waals surface area contributed by atoms with E-state index in [-0.39, 0.29) is 11.9 Å². The van der Waals surface area contributed by atoms with Crippen LogP contribution in [0, 0.1) is 12.7 Å². The summed E-state index contributed by atoms with van der Waals surface area (Å²) in [5, 5.41) is 3.29. The first-order chi connectivity index (χ1) is 8.15. The molecule has 1 aromatic heterocycles. The molecule has 0 radical (unpaired) electrons. The number of furan rings is 1. The molecule has 0 saturated heterocycles. The third-order valence-corrected chi connectivity index (χ3v) is 2.69. The Kier molecular flexibility index (Phi) is 3.47. The zero-order valence-corrected chi connectivity index (χ0v) is 10.0. The van der Waals surface area contributed by atoms with Gasteiger partial charge >= 0.3 is 0 Å². The van der Waals surface area contributed by atoms with E-state index < -0.39 is 0 Å². The predicted molar refractivity (Wildman–Crippen MR) is 66.6 cm³/mol. The maximum absolute atomic E-state index is 13.1. The van der Waals surface area contributed by atoms with Crippen LogP contribution in [0.15, 0.2) is 41.0 Å². The molecule has 1 atom stereocenters. The van der Waals surface area contributed by atoms with Gasteiger partial charge in [-0.1, -0.05) is 6.07 Å². The second-order valence-electron chi connectivity index (χ2n) is 4.29. The summed E-state index contributed by atoms with van der Waals surface area (Å²) in [6.07, 6.45) is 2.44. The van der Waals surface area contributed by atoms with Gasteiger partial charge in [0.2, 0.25) is 0 Å². The van der Waals surface area contributed by atoms with E-state index in [1.54, 1.807) is 12.3 Å². The van der Waals surface area contributed by atoms with Crippen molar-refractivity contribution in [3.63, 3.8) is 0 Å². The highest BCUT2D eigenvalue weighted by Crippen LogP contribution is 2.18. The molecule has 1 heterocycles. The van der Waals surface area contributed by atoms with Crippen LogP contribution in [-0.4, -0.2) is 6.04 Å². The number of halogens is 1. The molecule has 1 unspecified atom stereocenters. The summed E-state index contributed by atoms with van der Waals surface area (Å²) in [5.74, 6) is 0.711. The second-order valence-corrected chi connectivity index (χ2v) is 4.29. The lowest BCUT2D eigenvalue weighted by Crippen LogP contribution is -2.18. The van der Waals surface area contributed by atoms with Gasteiger partial charge < -0.3 is 9.73 Å². The molecule has 0 fully saturated rings. The molecule has 2 nitrogen and oxygen atoms in total. The van der Waals surface area contributed by atoms with E-state index in [0.717, 1.165) is 23.4 Å². The minimum Gasteiger partial charge on any atom is -0.469 e. The normalized spacial score (nSPS) is 12.4. The average molecular weight is 233 g/mol. The van der Waals surface area contributed by atoms with Crippen LogP contribution >= 0.6 is 0 Å². The van der Waals surface area contributed by atoms with E-state index in [1.165, 1.54) is 12.1 Å². The average Bonchev–Trinajstić information content (AvgIpc) is 2.76. The number of benzene rings is 1. The monoisotopic (exact) mass is 233 g/mol. The highest BCUT2D eigenvalue weighted by atomic mass is 19.1. The molecule has 0 aliphatic carbocycles. The summed E-state index contributed by atoms with van der Waals surface area (Å²) in [6.45, 7) is 4.01. The van der Waals surface area contributed by atoms with Gasteiger partial charge in [0.15, 0.2) is 0 Å². The maximum Gasteiger partial charge on any atom is 0.125 e. The van der Waals surface area contributed by atoms with E-state index in [4.69, 9.17) is 4.42 Å². The van der Waals surface area contributed by atoms with Crippen LogP contribution in [0.3, 0.4) is 0 Å². The van der Waals surface area contributed by atoms with Crippen LogP contribution in [0.4, 0.5) is 10.1 Å². The van der Waals surface area contributed by atoms with E-state index >= 15 is 0 Å². The van der Waals surface area contributed by atoms with Gasteiger partial charge in [0.1, 0.15) is 11.6 Å². The third kappa shape index (κ3) is 3.09. The van der Waals surface area contributed by atoms with Crippen LogP contribution in [0.1, 0.15) is 18.2 Å². The Hall–Kier alpha value is -1.77. The fourth-order valence-electron chi connectivity index (χ4n) is 1.80. The molecule has 0 bridgehead atoms. The highest BCUT2D eigenvalue weighted by Gasteiger charge is 2.07. The number of aryl methyl sites for hydroxylation is 1. The van der Waals surface area contributed by atoms with Crippen molar-refractivity contribution in [2.45, 2.75) is 26.3 Å². The third-order valence-electron chi connectivity index (χ3n) is 2.69. The van der Waals surface area contributed by atoms with Crippen molar-refractivity contribution in [2.75, 3.05) is 5.32 Å². The lowest BCUT2D eigenvalue weighted by atomic mass is 10.1. The first-order valence-corrected chi connectivity index (χ1v) is 5.70. The Labute approximate surface area is 100 Å². The number of rotatable bonds is 4. The maximum atomic E-state index is 13.1. The molecular formula is C14H16FNO. The Morgan fingerprint density at radius 1 is 1.35 bits per heavy atom. The number of hydrogen-bond donors (Lipinski definition) is 1. The van der Waals surface area contributed by atoms with Gasteiger partial charge in [0, 0.05) is 18.2 Å². The fraction of sp³-hybridized carbons (Fsp3) is 0.286. The SMILES string of the molecule is Cc1ccc(F)cc1NC(C)Cc1ccco1. The minimum absolute atomic E-state index is 0.196. The van der Waals surface area contributed by atoms with Gasteiger partial charge in [-0.05, 0) is 43.7 Å². The number of anilines is 1. The number of hydrogen-bond acceptors (Lipinski definition) is 2. The molecule has 90 valence electrons. The summed E-state index contributed by atoms with van der Waals surface area (Å²) in [6, 6.07) is 8.77. The summed E-state index contributed by atoms with van der Waals surface area (Å²) >= 11 is 0. The van der Waals surface area contributed by atoms with Crippen molar-refractivity contribution < 1.29 is 8.81 Å². The smallest absolute Gasteiger partial charge is 0.125 e. The molecular weight excluding hydrogens is 217 g/mol. The summed E-state index contributed by atoms with van der Waals surface area (Å²) in [7, 11) is 0. The van der Waals surface area contributed by atoms with Gasteiger partial charge in [-0.25, -0.2) is 4.39 Å². The molecule has 3 heteroatoms. The van der Waals surface area contributed by atoms with Crippen LogP contribution in [0.5, 0.6) is 0 Å². The number of nitrogens with one attached hydrogen (secondary N) is 1. The Morgan fingerprint density at radius 2 is 2.18 bits per heavy atom. The lowest BCUT2D eigenvalue weighted by molar-refractivity contribution is 0.497. The van der Waals surface area contributed by atoms with Gasteiger partial charge in [-0.2, -0.15) is 0 Å². The van der Waals surface area contributed by atoms with Gasteiger partial charge in [0.05, 0.1) is 6.26 Å². The largest absolute Gasteiger partial charge is 0.469 e. The molecule has 2 rings (SSSR count). The minimum atomic E-state index is -0.219. The Bertz CT molecular complexity index is 479. The highest BCUT2D eigenvalue weighted by molar-refractivity contribution is 5.51.